The zero-order valence-corrected chi connectivity index (χ0v) is 10.9. The van der Waals surface area contributed by atoms with E-state index in [1.165, 1.54) is 17.4 Å². The van der Waals surface area contributed by atoms with Gasteiger partial charge in [-0.1, -0.05) is 13.0 Å². The smallest absolute Gasteiger partial charge is 0.187 e. The van der Waals surface area contributed by atoms with E-state index in [1.54, 1.807) is 12.1 Å². The number of nitrogens with zero attached hydrogens (tertiary/aromatic N) is 2. The second-order valence-corrected chi connectivity index (χ2v) is 4.98. The Balaban J connectivity index is 2.34. The highest BCUT2D eigenvalue weighted by molar-refractivity contribution is 7.15. The van der Waals surface area contributed by atoms with Crippen LogP contribution in [-0.4, -0.2) is 4.98 Å². The molecule has 0 aliphatic carbocycles. The fourth-order valence-electron chi connectivity index (χ4n) is 1.67. The van der Waals surface area contributed by atoms with Crippen molar-refractivity contribution in [1.82, 2.24) is 4.98 Å². The summed E-state index contributed by atoms with van der Waals surface area (Å²) in [6.07, 6.45) is 0.859. The van der Waals surface area contributed by atoms with E-state index in [0.29, 0.717) is 10.8 Å². The SMILES string of the molecule is CCc1nc(Nc2cccc(F)c2C#N)sc1C. The molecule has 0 radical (unpaired) electrons. The highest BCUT2D eigenvalue weighted by Gasteiger charge is 2.11. The van der Waals surface area contributed by atoms with Gasteiger partial charge in [0.05, 0.1) is 11.4 Å². The monoisotopic (exact) mass is 261 g/mol. The maximum Gasteiger partial charge on any atom is 0.187 e. The third-order valence-corrected chi connectivity index (χ3v) is 3.52. The quantitative estimate of drug-likeness (QED) is 0.915. The van der Waals surface area contributed by atoms with Gasteiger partial charge in [-0.25, -0.2) is 9.37 Å². The lowest BCUT2D eigenvalue weighted by Gasteiger charge is -2.04. The number of benzene rings is 1. The number of hydrogen-bond donors (Lipinski definition) is 1. The maximum absolute atomic E-state index is 13.4. The van der Waals surface area contributed by atoms with Gasteiger partial charge in [0.2, 0.25) is 0 Å². The largest absolute Gasteiger partial charge is 0.330 e. The highest BCUT2D eigenvalue weighted by Crippen LogP contribution is 2.27. The van der Waals surface area contributed by atoms with Gasteiger partial charge in [-0.05, 0) is 25.5 Å². The van der Waals surface area contributed by atoms with E-state index in [0.717, 1.165) is 17.0 Å². The summed E-state index contributed by atoms with van der Waals surface area (Å²) in [6.45, 7) is 4.03. The molecule has 3 nitrogen and oxygen atoms in total. The number of thiazole rings is 1. The van der Waals surface area contributed by atoms with Crippen molar-refractivity contribution in [2.45, 2.75) is 20.3 Å². The van der Waals surface area contributed by atoms with Gasteiger partial charge in [0.25, 0.3) is 0 Å². The van der Waals surface area contributed by atoms with E-state index in [-0.39, 0.29) is 5.56 Å². The van der Waals surface area contributed by atoms with Crippen LogP contribution in [0.25, 0.3) is 0 Å². The maximum atomic E-state index is 13.4. The molecule has 0 fully saturated rings. The van der Waals surface area contributed by atoms with E-state index >= 15 is 0 Å². The summed E-state index contributed by atoms with van der Waals surface area (Å²) in [5.41, 5.74) is 1.50. The standard InChI is InChI=1S/C13H12FN3S/c1-3-11-8(2)18-13(16-11)17-12-6-4-5-10(14)9(12)7-15/h4-6H,3H2,1-2H3,(H,16,17). The molecule has 0 aliphatic rings. The lowest BCUT2D eigenvalue weighted by Crippen LogP contribution is -1.95. The molecule has 2 rings (SSSR count). The molecule has 0 unspecified atom stereocenters. The van der Waals surface area contributed by atoms with Gasteiger partial charge in [0.15, 0.2) is 5.13 Å². The number of aromatic nitrogens is 1. The molecular formula is C13H12FN3S. The molecule has 0 bridgehead atoms. The molecule has 92 valence electrons. The third kappa shape index (κ3) is 2.34. The minimum Gasteiger partial charge on any atom is -0.330 e. The number of rotatable bonds is 3. The summed E-state index contributed by atoms with van der Waals surface area (Å²) in [4.78, 5) is 5.54. The Morgan fingerprint density at radius 1 is 1.50 bits per heavy atom. The fourth-order valence-corrected chi connectivity index (χ4v) is 2.58. The second-order valence-electron chi connectivity index (χ2n) is 3.77. The predicted molar refractivity (Wildman–Crippen MR) is 70.6 cm³/mol. The summed E-state index contributed by atoms with van der Waals surface area (Å²) < 4.78 is 13.4. The first-order valence-corrected chi connectivity index (χ1v) is 6.39. The molecule has 1 aromatic carbocycles. The van der Waals surface area contributed by atoms with Gasteiger partial charge in [-0.2, -0.15) is 5.26 Å². The van der Waals surface area contributed by atoms with E-state index in [2.05, 4.69) is 10.3 Å². The van der Waals surface area contributed by atoms with Crippen LogP contribution in [0.2, 0.25) is 0 Å². The molecule has 1 aromatic heterocycles. The first-order chi connectivity index (χ1) is 8.65. The number of anilines is 2. The van der Waals surface area contributed by atoms with Crippen LogP contribution in [0.5, 0.6) is 0 Å². The molecule has 0 saturated heterocycles. The zero-order valence-electron chi connectivity index (χ0n) is 10.1. The van der Waals surface area contributed by atoms with Crippen molar-refractivity contribution in [3.8, 4) is 6.07 Å². The van der Waals surface area contributed by atoms with Crippen molar-refractivity contribution in [3.05, 3.63) is 40.2 Å². The van der Waals surface area contributed by atoms with Gasteiger partial charge in [0.1, 0.15) is 17.4 Å². The second kappa shape index (κ2) is 5.15. The zero-order chi connectivity index (χ0) is 13.1. The van der Waals surface area contributed by atoms with E-state index in [9.17, 15) is 4.39 Å². The Morgan fingerprint density at radius 2 is 2.28 bits per heavy atom. The van der Waals surface area contributed by atoms with Crippen LogP contribution in [0.3, 0.4) is 0 Å². The first-order valence-electron chi connectivity index (χ1n) is 5.57. The van der Waals surface area contributed by atoms with Crippen LogP contribution in [0.4, 0.5) is 15.2 Å². The molecular weight excluding hydrogens is 249 g/mol. The molecule has 18 heavy (non-hydrogen) atoms. The molecule has 0 amide bonds. The molecule has 0 spiro atoms. The van der Waals surface area contributed by atoms with Gasteiger partial charge in [-0.15, -0.1) is 11.3 Å². The Bertz CT molecular complexity index is 613. The highest BCUT2D eigenvalue weighted by atomic mass is 32.1. The topological polar surface area (TPSA) is 48.7 Å². The fraction of sp³-hybridized carbons (Fsp3) is 0.231. The van der Waals surface area contributed by atoms with Crippen molar-refractivity contribution in [3.63, 3.8) is 0 Å². The number of halogens is 1. The average Bonchev–Trinajstić information content (AvgIpc) is 2.70. The summed E-state index contributed by atoms with van der Waals surface area (Å²) in [5, 5.41) is 12.6. The normalized spacial score (nSPS) is 10.1. The van der Waals surface area contributed by atoms with Crippen LogP contribution in [-0.2, 0) is 6.42 Å². The number of hydrogen-bond acceptors (Lipinski definition) is 4. The van der Waals surface area contributed by atoms with Gasteiger partial charge in [-0.3, -0.25) is 0 Å². The molecule has 0 saturated carbocycles. The molecule has 2 aromatic rings. The van der Waals surface area contributed by atoms with Crippen molar-refractivity contribution in [1.29, 1.82) is 5.26 Å². The van der Waals surface area contributed by atoms with Gasteiger partial charge >= 0.3 is 0 Å². The average molecular weight is 261 g/mol. The Kier molecular flexibility index (Phi) is 3.58. The van der Waals surface area contributed by atoms with E-state index < -0.39 is 5.82 Å². The Labute approximate surface area is 109 Å². The Hall–Kier alpha value is -1.93. The van der Waals surface area contributed by atoms with Crippen molar-refractivity contribution in [2.75, 3.05) is 5.32 Å². The van der Waals surface area contributed by atoms with Crippen molar-refractivity contribution >= 4 is 22.2 Å². The molecule has 1 N–H and O–H groups in total. The molecule has 1 heterocycles. The number of aryl methyl sites for hydroxylation is 2. The van der Waals surface area contributed by atoms with Crippen LogP contribution < -0.4 is 5.32 Å². The van der Waals surface area contributed by atoms with Crippen LogP contribution in [0.1, 0.15) is 23.1 Å². The lowest BCUT2D eigenvalue weighted by atomic mass is 10.2. The van der Waals surface area contributed by atoms with E-state index in [4.69, 9.17) is 5.26 Å². The summed E-state index contributed by atoms with van der Waals surface area (Å²) in [7, 11) is 0. The van der Waals surface area contributed by atoms with Crippen LogP contribution in [0.15, 0.2) is 18.2 Å². The summed E-state index contributed by atoms with van der Waals surface area (Å²) in [6, 6.07) is 6.37. The first kappa shape index (κ1) is 12.5. The van der Waals surface area contributed by atoms with Crippen molar-refractivity contribution in [2.24, 2.45) is 0 Å². The predicted octanol–water partition coefficient (Wildman–Crippen LogP) is 3.77. The Morgan fingerprint density at radius 3 is 2.89 bits per heavy atom. The van der Waals surface area contributed by atoms with Crippen LogP contribution >= 0.6 is 11.3 Å². The third-order valence-electron chi connectivity index (χ3n) is 2.59. The molecule has 5 heteroatoms. The summed E-state index contributed by atoms with van der Waals surface area (Å²) in [5.74, 6) is -0.522. The molecule has 0 atom stereocenters. The van der Waals surface area contributed by atoms with Gasteiger partial charge < -0.3 is 5.32 Å². The van der Waals surface area contributed by atoms with Gasteiger partial charge in [0, 0.05) is 4.88 Å². The van der Waals surface area contributed by atoms with Crippen molar-refractivity contribution < 1.29 is 4.39 Å². The van der Waals surface area contributed by atoms with E-state index in [1.807, 2.05) is 19.9 Å². The summed E-state index contributed by atoms with van der Waals surface area (Å²) >= 11 is 1.50. The number of nitriles is 1. The number of nitrogens with one attached hydrogen (secondary N) is 1. The molecule has 0 aliphatic heterocycles. The minimum atomic E-state index is -0.522. The van der Waals surface area contributed by atoms with Crippen LogP contribution in [0, 0.1) is 24.1 Å². The minimum absolute atomic E-state index is 0.0170. The lowest BCUT2D eigenvalue weighted by molar-refractivity contribution is 0.624.